The molecular formula is C14H23N3S. The van der Waals surface area contributed by atoms with Crippen molar-refractivity contribution in [3.05, 3.63) is 16.6 Å². The zero-order valence-corrected chi connectivity index (χ0v) is 12.0. The zero-order valence-electron chi connectivity index (χ0n) is 11.2. The highest BCUT2D eigenvalue weighted by atomic mass is 32.1. The van der Waals surface area contributed by atoms with Crippen LogP contribution < -0.4 is 5.32 Å². The first-order chi connectivity index (χ1) is 8.82. The molecule has 1 unspecified atom stereocenters. The fourth-order valence-electron chi connectivity index (χ4n) is 3.51. The van der Waals surface area contributed by atoms with Gasteiger partial charge in [-0.2, -0.15) is 0 Å². The fraction of sp³-hybridized carbons (Fsp3) is 0.786. The summed E-state index contributed by atoms with van der Waals surface area (Å²) in [5.41, 5.74) is 2.39. The average Bonchev–Trinajstić information content (AvgIpc) is 3.04. The van der Waals surface area contributed by atoms with Crippen molar-refractivity contribution in [1.29, 1.82) is 0 Å². The summed E-state index contributed by atoms with van der Waals surface area (Å²) in [7, 11) is 0. The van der Waals surface area contributed by atoms with Crippen LogP contribution in [0.3, 0.4) is 0 Å². The van der Waals surface area contributed by atoms with E-state index in [0.717, 1.165) is 6.54 Å². The summed E-state index contributed by atoms with van der Waals surface area (Å²) < 4.78 is 0. The molecule has 3 nitrogen and oxygen atoms in total. The molecule has 1 aromatic rings. The number of rotatable bonds is 3. The first-order valence-electron chi connectivity index (χ1n) is 7.18. The van der Waals surface area contributed by atoms with Crippen LogP contribution in [0.1, 0.15) is 43.9 Å². The normalized spacial score (nSPS) is 27.9. The Bertz CT molecular complexity index is 370. The van der Waals surface area contributed by atoms with Crippen molar-refractivity contribution in [2.24, 2.45) is 0 Å². The van der Waals surface area contributed by atoms with E-state index >= 15 is 0 Å². The van der Waals surface area contributed by atoms with E-state index in [9.17, 15) is 0 Å². The lowest BCUT2D eigenvalue weighted by molar-refractivity contribution is 0.0357. The van der Waals surface area contributed by atoms with Crippen molar-refractivity contribution < 1.29 is 0 Å². The van der Waals surface area contributed by atoms with E-state index in [1.54, 1.807) is 11.3 Å². The molecule has 1 saturated carbocycles. The second-order valence-corrected chi connectivity index (χ2v) is 6.74. The van der Waals surface area contributed by atoms with Gasteiger partial charge in [-0.05, 0) is 19.3 Å². The molecule has 100 valence electrons. The van der Waals surface area contributed by atoms with E-state index < -0.39 is 0 Å². The Balaban J connectivity index is 1.76. The molecule has 0 bridgehead atoms. The predicted octanol–water partition coefficient (Wildman–Crippen LogP) is 2.64. The van der Waals surface area contributed by atoms with Gasteiger partial charge in [0.25, 0.3) is 0 Å². The van der Waals surface area contributed by atoms with Crippen LogP contribution in [0.5, 0.6) is 0 Å². The molecule has 2 aliphatic rings. The van der Waals surface area contributed by atoms with Gasteiger partial charge in [-0.15, -0.1) is 11.3 Å². The summed E-state index contributed by atoms with van der Waals surface area (Å²) in [4.78, 5) is 8.38. The van der Waals surface area contributed by atoms with Crippen molar-refractivity contribution in [2.75, 3.05) is 13.1 Å². The van der Waals surface area contributed by atoms with E-state index in [1.165, 1.54) is 50.1 Å². The molecule has 1 spiro atoms. The van der Waals surface area contributed by atoms with Gasteiger partial charge in [-0.25, -0.2) is 0 Å². The SMILES string of the molecule is CCC1CN(Cc2cncs2)C2(CCCC2)CN1. The molecule has 2 fully saturated rings. The van der Waals surface area contributed by atoms with Crippen molar-refractivity contribution in [2.45, 2.75) is 57.2 Å². The molecule has 18 heavy (non-hydrogen) atoms. The second-order valence-electron chi connectivity index (χ2n) is 5.77. The maximum absolute atomic E-state index is 4.22. The molecule has 2 heterocycles. The van der Waals surface area contributed by atoms with Gasteiger partial charge in [0, 0.05) is 42.3 Å². The summed E-state index contributed by atoms with van der Waals surface area (Å²) in [6.45, 7) is 5.77. The minimum absolute atomic E-state index is 0.440. The largest absolute Gasteiger partial charge is 0.311 e. The summed E-state index contributed by atoms with van der Waals surface area (Å²) in [5.74, 6) is 0. The smallest absolute Gasteiger partial charge is 0.0794 e. The first-order valence-corrected chi connectivity index (χ1v) is 8.06. The Kier molecular flexibility index (Phi) is 3.68. The van der Waals surface area contributed by atoms with Crippen LogP contribution in [0, 0.1) is 0 Å². The standard InChI is InChI=1S/C14H23N3S/c1-2-12-8-17(9-13-7-15-11-18-13)14(10-16-12)5-3-4-6-14/h7,11-12,16H,2-6,8-10H2,1H3. The van der Waals surface area contributed by atoms with E-state index in [1.807, 2.05) is 11.7 Å². The number of piperazine rings is 1. The zero-order chi connectivity index (χ0) is 12.4. The molecule has 0 amide bonds. The predicted molar refractivity (Wildman–Crippen MR) is 75.8 cm³/mol. The highest BCUT2D eigenvalue weighted by Gasteiger charge is 2.43. The van der Waals surface area contributed by atoms with Crippen LogP contribution in [0.4, 0.5) is 0 Å². The monoisotopic (exact) mass is 265 g/mol. The molecular weight excluding hydrogens is 242 g/mol. The topological polar surface area (TPSA) is 28.2 Å². The van der Waals surface area contributed by atoms with E-state index in [0.29, 0.717) is 11.6 Å². The Hall–Kier alpha value is -0.450. The molecule has 1 aromatic heterocycles. The molecule has 1 saturated heterocycles. The number of nitrogens with zero attached hydrogens (tertiary/aromatic N) is 2. The van der Waals surface area contributed by atoms with Gasteiger partial charge < -0.3 is 5.32 Å². The first kappa shape index (κ1) is 12.6. The lowest BCUT2D eigenvalue weighted by Gasteiger charge is -2.48. The van der Waals surface area contributed by atoms with Crippen molar-refractivity contribution in [3.63, 3.8) is 0 Å². The van der Waals surface area contributed by atoms with Crippen molar-refractivity contribution in [1.82, 2.24) is 15.2 Å². The highest BCUT2D eigenvalue weighted by molar-refractivity contribution is 7.09. The lowest BCUT2D eigenvalue weighted by atomic mass is 9.90. The molecule has 1 N–H and O–H groups in total. The Morgan fingerprint density at radius 2 is 2.33 bits per heavy atom. The average molecular weight is 265 g/mol. The number of nitrogens with one attached hydrogen (secondary N) is 1. The maximum atomic E-state index is 4.22. The van der Waals surface area contributed by atoms with Crippen molar-refractivity contribution in [3.8, 4) is 0 Å². The third kappa shape index (κ3) is 2.33. The molecule has 1 atom stereocenters. The van der Waals surface area contributed by atoms with Gasteiger partial charge >= 0.3 is 0 Å². The van der Waals surface area contributed by atoms with Gasteiger partial charge in [0.15, 0.2) is 0 Å². The van der Waals surface area contributed by atoms with Gasteiger partial charge in [0.2, 0.25) is 0 Å². The van der Waals surface area contributed by atoms with Gasteiger partial charge in [-0.3, -0.25) is 9.88 Å². The van der Waals surface area contributed by atoms with Crippen molar-refractivity contribution >= 4 is 11.3 Å². The number of aromatic nitrogens is 1. The highest BCUT2D eigenvalue weighted by Crippen LogP contribution is 2.38. The Labute approximate surface area is 114 Å². The molecule has 0 radical (unpaired) electrons. The van der Waals surface area contributed by atoms with E-state index in [-0.39, 0.29) is 0 Å². The summed E-state index contributed by atoms with van der Waals surface area (Å²) in [6, 6.07) is 0.671. The van der Waals surface area contributed by atoms with Crippen LogP contribution in [0.2, 0.25) is 0 Å². The lowest BCUT2D eigenvalue weighted by Crippen LogP contribution is -2.62. The van der Waals surface area contributed by atoms with Gasteiger partial charge in [0.1, 0.15) is 0 Å². The number of hydrogen-bond donors (Lipinski definition) is 1. The fourth-order valence-corrected chi connectivity index (χ4v) is 4.12. The van der Waals surface area contributed by atoms with Crippen LogP contribution in [0.15, 0.2) is 11.7 Å². The Morgan fingerprint density at radius 3 is 3.00 bits per heavy atom. The molecule has 1 aliphatic carbocycles. The number of thiazole rings is 1. The minimum Gasteiger partial charge on any atom is -0.311 e. The van der Waals surface area contributed by atoms with E-state index in [2.05, 4.69) is 22.1 Å². The molecule has 0 aromatic carbocycles. The summed E-state index contributed by atoms with van der Waals surface area (Å²) in [6.07, 6.45) is 8.81. The second kappa shape index (κ2) is 5.27. The van der Waals surface area contributed by atoms with Crippen LogP contribution in [-0.2, 0) is 6.54 Å². The molecule has 4 heteroatoms. The van der Waals surface area contributed by atoms with Gasteiger partial charge in [-0.1, -0.05) is 19.8 Å². The van der Waals surface area contributed by atoms with Crippen LogP contribution >= 0.6 is 11.3 Å². The minimum atomic E-state index is 0.440. The van der Waals surface area contributed by atoms with Crippen LogP contribution in [0.25, 0.3) is 0 Å². The van der Waals surface area contributed by atoms with Gasteiger partial charge in [0.05, 0.1) is 5.51 Å². The third-order valence-corrected chi connectivity index (χ3v) is 5.45. The Morgan fingerprint density at radius 1 is 1.50 bits per heavy atom. The van der Waals surface area contributed by atoms with E-state index in [4.69, 9.17) is 0 Å². The quantitative estimate of drug-likeness (QED) is 0.910. The summed E-state index contributed by atoms with van der Waals surface area (Å²) in [5, 5.41) is 3.76. The molecule has 1 aliphatic heterocycles. The number of hydrogen-bond acceptors (Lipinski definition) is 4. The third-order valence-electron chi connectivity index (χ3n) is 4.69. The maximum Gasteiger partial charge on any atom is 0.0794 e. The molecule has 3 rings (SSSR count). The van der Waals surface area contributed by atoms with Crippen LogP contribution in [-0.4, -0.2) is 34.6 Å². The summed E-state index contributed by atoms with van der Waals surface area (Å²) >= 11 is 1.79.